The molecule has 21 heavy (non-hydrogen) atoms. The van der Waals surface area contributed by atoms with Crippen molar-refractivity contribution in [3.63, 3.8) is 0 Å². The van der Waals surface area contributed by atoms with Gasteiger partial charge in [0.2, 0.25) is 0 Å². The molecule has 0 aromatic heterocycles. The van der Waals surface area contributed by atoms with Gasteiger partial charge in [0.15, 0.2) is 0 Å². The zero-order valence-electron chi connectivity index (χ0n) is 13.0. The third kappa shape index (κ3) is 2.63. The molecular formula is C16H24O5. The number of ketones is 2. The van der Waals surface area contributed by atoms with E-state index in [9.17, 15) is 19.5 Å². The largest absolute Gasteiger partial charge is 0.466 e. The maximum atomic E-state index is 12.2. The minimum atomic E-state index is -1.28. The number of Topliss-reactive ketones (excluding diaryl/α,β-unsaturated/α-hetero) is 2. The molecule has 0 unspecified atom stereocenters. The first-order chi connectivity index (χ1) is 9.73. The number of ether oxygens (including phenoxy) is 1. The molecular weight excluding hydrogens is 272 g/mol. The van der Waals surface area contributed by atoms with Crippen LogP contribution in [-0.2, 0) is 19.1 Å². The number of fused-ring (bicyclic) bond motifs is 1. The van der Waals surface area contributed by atoms with E-state index in [0.29, 0.717) is 12.8 Å². The Bertz CT molecular complexity index is 471. The Morgan fingerprint density at radius 1 is 1.43 bits per heavy atom. The van der Waals surface area contributed by atoms with Crippen LogP contribution in [0.1, 0.15) is 52.9 Å². The Labute approximate surface area is 125 Å². The fourth-order valence-corrected chi connectivity index (χ4v) is 4.01. The van der Waals surface area contributed by atoms with E-state index in [2.05, 4.69) is 0 Å². The van der Waals surface area contributed by atoms with Crippen molar-refractivity contribution < 1.29 is 24.2 Å². The van der Waals surface area contributed by atoms with Crippen molar-refractivity contribution in [1.29, 1.82) is 0 Å². The summed E-state index contributed by atoms with van der Waals surface area (Å²) in [6.07, 6.45) is 1.63. The number of aliphatic hydroxyl groups is 1. The van der Waals surface area contributed by atoms with E-state index < -0.39 is 22.9 Å². The molecule has 2 fully saturated rings. The van der Waals surface area contributed by atoms with Gasteiger partial charge >= 0.3 is 5.97 Å². The molecule has 2 saturated carbocycles. The number of rotatable bonds is 3. The van der Waals surface area contributed by atoms with Gasteiger partial charge in [0.05, 0.1) is 18.1 Å². The fourth-order valence-electron chi connectivity index (χ4n) is 4.01. The highest BCUT2D eigenvalue weighted by Gasteiger charge is 2.61. The molecule has 0 bridgehead atoms. The topological polar surface area (TPSA) is 80.7 Å². The molecule has 5 nitrogen and oxygen atoms in total. The van der Waals surface area contributed by atoms with Crippen LogP contribution in [-0.4, -0.2) is 34.9 Å². The molecule has 0 aromatic rings. The molecule has 0 radical (unpaired) electrons. The van der Waals surface area contributed by atoms with Crippen molar-refractivity contribution in [2.45, 2.75) is 58.5 Å². The van der Waals surface area contributed by atoms with Crippen molar-refractivity contribution in [3.05, 3.63) is 0 Å². The molecule has 1 N–H and O–H groups in total. The van der Waals surface area contributed by atoms with Crippen LogP contribution in [0.4, 0.5) is 0 Å². The standard InChI is InChI=1S/C16H24O5/c1-4-21-14(19)13-7-12(18)9-16(20)8-11(10(2)17)5-6-15(13,16)3/h11,13,20H,4-9H2,1-3H3/t11-,13+,15+,16+/m0/s1. The lowest BCUT2D eigenvalue weighted by atomic mass is 9.50. The Morgan fingerprint density at radius 3 is 2.67 bits per heavy atom. The summed E-state index contributed by atoms with van der Waals surface area (Å²) >= 11 is 0. The van der Waals surface area contributed by atoms with E-state index in [1.807, 2.05) is 6.92 Å². The highest BCUT2D eigenvalue weighted by molar-refractivity contribution is 5.88. The van der Waals surface area contributed by atoms with Crippen LogP contribution in [0.2, 0.25) is 0 Å². The molecule has 0 saturated heterocycles. The van der Waals surface area contributed by atoms with Crippen LogP contribution in [0.3, 0.4) is 0 Å². The van der Waals surface area contributed by atoms with Crippen molar-refractivity contribution in [2.75, 3.05) is 6.61 Å². The summed E-state index contributed by atoms with van der Waals surface area (Å²) in [5.74, 6) is -1.34. The van der Waals surface area contributed by atoms with E-state index in [1.54, 1.807) is 6.92 Å². The molecule has 2 aliphatic rings. The van der Waals surface area contributed by atoms with E-state index in [4.69, 9.17) is 4.74 Å². The van der Waals surface area contributed by atoms with Gasteiger partial charge in [-0.05, 0) is 33.1 Å². The van der Waals surface area contributed by atoms with Gasteiger partial charge in [-0.25, -0.2) is 0 Å². The molecule has 2 aliphatic carbocycles. The van der Waals surface area contributed by atoms with Gasteiger partial charge in [0, 0.05) is 24.2 Å². The van der Waals surface area contributed by atoms with Crippen molar-refractivity contribution in [2.24, 2.45) is 17.3 Å². The maximum absolute atomic E-state index is 12.2. The molecule has 118 valence electrons. The van der Waals surface area contributed by atoms with Gasteiger partial charge in [-0.15, -0.1) is 0 Å². The van der Waals surface area contributed by atoms with Crippen LogP contribution >= 0.6 is 0 Å². The first-order valence-electron chi connectivity index (χ1n) is 7.64. The first kappa shape index (κ1) is 16.1. The Balaban J connectivity index is 2.34. The van der Waals surface area contributed by atoms with Gasteiger partial charge in [-0.2, -0.15) is 0 Å². The van der Waals surface area contributed by atoms with Crippen LogP contribution < -0.4 is 0 Å². The van der Waals surface area contributed by atoms with Crippen molar-refractivity contribution >= 4 is 17.5 Å². The Hall–Kier alpha value is -1.23. The fraction of sp³-hybridized carbons (Fsp3) is 0.812. The Morgan fingerprint density at radius 2 is 2.10 bits per heavy atom. The maximum Gasteiger partial charge on any atom is 0.310 e. The highest BCUT2D eigenvalue weighted by atomic mass is 16.5. The lowest BCUT2D eigenvalue weighted by Crippen LogP contribution is -2.61. The molecule has 0 aromatic carbocycles. The van der Waals surface area contributed by atoms with Crippen molar-refractivity contribution in [1.82, 2.24) is 0 Å². The highest BCUT2D eigenvalue weighted by Crippen LogP contribution is 2.56. The molecule has 0 amide bonds. The van der Waals surface area contributed by atoms with Gasteiger partial charge in [0.1, 0.15) is 11.6 Å². The SMILES string of the molecule is CCOC(=O)[C@H]1CC(=O)C[C@]2(O)C[C@@H](C(C)=O)CC[C@]12C. The van der Waals surface area contributed by atoms with E-state index in [-0.39, 0.29) is 43.4 Å². The number of hydrogen-bond donors (Lipinski definition) is 1. The summed E-state index contributed by atoms with van der Waals surface area (Å²) in [7, 11) is 0. The molecule has 0 heterocycles. The predicted octanol–water partition coefficient (Wildman–Crippen LogP) is 1.66. The number of hydrogen-bond acceptors (Lipinski definition) is 5. The molecule has 0 aliphatic heterocycles. The van der Waals surface area contributed by atoms with Crippen LogP contribution in [0.5, 0.6) is 0 Å². The summed E-state index contributed by atoms with van der Waals surface area (Å²) < 4.78 is 5.09. The quantitative estimate of drug-likeness (QED) is 0.801. The molecule has 5 heteroatoms. The minimum absolute atomic E-state index is 0.0309. The average molecular weight is 296 g/mol. The normalized spacial score (nSPS) is 39.5. The minimum Gasteiger partial charge on any atom is -0.466 e. The zero-order chi connectivity index (χ0) is 15.8. The monoisotopic (exact) mass is 296 g/mol. The smallest absolute Gasteiger partial charge is 0.310 e. The van der Waals surface area contributed by atoms with Crippen LogP contribution in [0.15, 0.2) is 0 Å². The van der Waals surface area contributed by atoms with Gasteiger partial charge < -0.3 is 9.84 Å². The summed E-state index contributed by atoms with van der Waals surface area (Å²) in [6.45, 7) is 5.36. The molecule has 0 spiro atoms. The molecule has 2 rings (SSSR count). The summed E-state index contributed by atoms with van der Waals surface area (Å²) in [5.41, 5.74) is -1.98. The summed E-state index contributed by atoms with van der Waals surface area (Å²) in [6, 6.07) is 0. The van der Waals surface area contributed by atoms with Crippen LogP contribution in [0, 0.1) is 17.3 Å². The number of carbonyl (C=O) groups is 3. The number of carbonyl (C=O) groups excluding carboxylic acids is 3. The van der Waals surface area contributed by atoms with E-state index in [0.717, 1.165) is 0 Å². The summed E-state index contributed by atoms with van der Waals surface area (Å²) in [4.78, 5) is 35.8. The number of esters is 1. The van der Waals surface area contributed by atoms with E-state index >= 15 is 0 Å². The second kappa shape index (κ2) is 5.52. The lowest BCUT2D eigenvalue weighted by Gasteiger charge is -2.55. The second-order valence-corrected chi connectivity index (χ2v) is 6.72. The average Bonchev–Trinajstić information content (AvgIpc) is 2.38. The first-order valence-corrected chi connectivity index (χ1v) is 7.64. The van der Waals surface area contributed by atoms with E-state index in [1.165, 1.54) is 6.92 Å². The second-order valence-electron chi connectivity index (χ2n) is 6.72. The Kier molecular flexibility index (Phi) is 4.24. The molecule has 4 atom stereocenters. The van der Waals surface area contributed by atoms with Crippen LogP contribution in [0.25, 0.3) is 0 Å². The van der Waals surface area contributed by atoms with Crippen molar-refractivity contribution in [3.8, 4) is 0 Å². The predicted molar refractivity (Wildman–Crippen MR) is 75.4 cm³/mol. The van der Waals surface area contributed by atoms with Gasteiger partial charge in [-0.1, -0.05) is 6.92 Å². The zero-order valence-corrected chi connectivity index (χ0v) is 13.0. The van der Waals surface area contributed by atoms with Gasteiger partial charge in [0.25, 0.3) is 0 Å². The lowest BCUT2D eigenvalue weighted by molar-refractivity contribution is -0.195. The third-order valence-corrected chi connectivity index (χ3v) is 5.50. The van der Waals surface area contributed by atoms with Gasteiger partial charge in [-0.3, -0.25) is 14.4 Å². The summed E-state index contributed by atoms with van der Waals surface area (Å²) in [5, 5.41) is 11.0. The third-order valence-electron chi connectivity index (χ3n) is 5.50.